The lowest BCUT2D eigenvalue weighted by molar-refractivity contribution is 0.0600. The number of esters is 1. The minimum Gasteiger partial charge on any atom is -0.465 e. The zero-order chi connectivity index (χ0) is 22.2. The number of rotatable bonds is 11. The second-order valence-electron chi connectivity index (χ2n) is 7.10. The van der Waals surface area contributed by atoms with Crippen LogP contribution in [0, 0.1) is 0 Å². The van der Waals surface area contributed by atoms with Gasteiger partial charge >= 0.3 is 17.7 Å². The van der Waals surface area contributed by atoms with Crippen molar-refractivity contribution in [1.29, 1.82) is 0 Å². The summed E-state index contributed by atoms with van der Waals surface area (Å²) in [5.74, 6) is -0.171. The third-order valence-electron chi connectivity index (χ3n) is 4.77. The highest BCUT2D eigenvalue weighted by Crippen LogP contribution is 2.18. The number of ether oxygens (including phenoxy) is 2. The van der Waals surface area contributed by atoms with Crippen LogP contribution in [0.5, 0.6) is 6.01 Å². The number of unbranched alkanes of at least 4 members (excludes halogenated alkanes) is 1. The van der Waals surface area contributed by atoms with Crippen LogP contribution in [0.1, 0.15) is 42.1 Å². The first-order valence-electron chi connectivity index (χ1n) is 10.3. The maximum absolute atomic E-state index is 12.4. The van der Waals surface area contributed by atoms with Crippen molar-refractivity contribution >= 4 is 23.0 Å². The molecule has 2 aromatic heterocycles. The predicted octanol–water partition coefficient (Wildman–Crippen LogP) is 1.85. The summed E-state index contributed by atoms with van der Waals surface area (Å²) in [5, 5.41) is 3.31. The molecule has 1 aromatic carbocycles. The number of nitrogen functional groups attached to an aromatic ring is 1. The number of benzene rings is 1. The van der Waals surface area contributed by atoms with E-state index in [2.05, 4.69) is 27.2 Å². The van der Waals surface area contributed by atoms with E-state index < -0.39 is 0 Å². The Bertz CT molecular complexity index is 1090. The molecule has 0 atom stereocenters. The summed E-state index contributed by atoms with van der Waals surface area (Å²) in [7, 11) is 1.36. The molecule has 0 saturated carbocycles. The number of carbonyl (C=O) groups excluding carboxylic acids is 1. The number of aromatic amines is 1. The van der Waals surface area contributed by atoms with Crippen molar-refractivity contribution in [2.24, 2.45) is 0 Å². The summed E-state index contributed by atoms with van der Waals surface area (Å²) < 4.78 is 11.8. The number of nitrogens with two attached hydrogens (primary N) is 1. The Labute approximate surface area is 179 Å². The lowest BCUT2D eigenvalue weighted by Crippen LogP contribution is -2.21. The average molecular weight is 428 g/mol. The van der Waals surface area contributed by atoms with Gasteiger partial charge in [0.05, 0.1) is 19.3 Å². The fraction of sp³-hybridized carbons (Fsp3) is 0.429. The zero-order valence-electron chi connectivity index (χ0n) is 17.8. The number of H-pyrrole nitrogens is 1. The minimum absolute atomic E-state index is 0.176. The number of imidazole rings is 1. The van der Waals surface area contributed by atoms with Gasteiger partial charge in [0.25, 0.3) is 0 Å². The molecule has 0 fully saturated rings. The molecule has 31 heavy (non-hydrogen) atoms. The smallest absolute Gasteiger partial charge is 0.337 e. The molecule has 4 N–H and O–H groups in total. The first-order valence-corrected chi connectivity index (χ1v) is 10.3. The van der Waals surface area contributed by atoms with Crippen molar-refractivity contribution < 1.29 is 14.3 Å². The van der Waals surface area contributed by atoms with Crippen LogP contribution in [-0.4, -0.2) is 45.7 Å². The standard InChI is InChI=1S/C21H28N6O4/c1-3-4-11-31-20-25-17(22)16-18(26-20)27(21(29)24-16)10-6-9-23-13-14-7-5-8-15(12-14)19(28)30-2/h5,7-8,12,23H,3-4,6,9-11,13H2,1-2H3,(H,24,29)(H2,22,25,26). The van der Waals surface area contributed by atoms with Gasteiger partial charge in [-0.15, -0.1) is 0 Å². The van der Waals surface area contributed by atoms with Crippen molar-refractivity contribution in [3.63, 3.8) is 0 Å². The van der Waals surface area contributed by atoms with E-state index in [0.29, 0.717) is 49.4 Å². The van der Waals surface area contributed by atoms with Crippen molar-refractivity contribution in [3.05, 3.63) is 45.9 Å². The van der Waals surface area contributed by atoms with Gasteiger partial charge < -0.3 is 25.5 Å². The number of aryl methyl sites for hydroxylation is 1. The normalized spacial score (nSPS) is 11.0. The molecular formula is C21H28N6O4. The molecule has 0 unspecified atom stereocenters. The van der Waals surface area contributed by atoms with Crippen molar-refractivity contribution in [1.82, 2.24) is 24.8 Å². The van der Waals surface area contributed by atoms with Crippen molar-refractivity contribution in [3.8, 4) is 6.01 Å². The number of nitrogens with zero attached hydrogens (tertiary/aromatic N) is 3. The second kappa shape index (κ2) is 10.6. The van der Waals surface area contributed by atoms with E-state index in [-0.39, 0.29) is 23.5 Å². The number of anilines is 1. The Kier molecular flexibility index (Phi) is 7.60. The van der Waals surface area contributed by atoms with Crippen LogP contribution < -0.4 is 21.5 Å². The molecule has 0 amide bonds. The molecule has 0 spiro atoms. The van der Waals surface area contributed by atoms with Gasteiger partial charge in [0.15, 0.2) is 11.5 Å². The molecule has 0 aliphatic heterocycles. The molecule has 0 saturated heterocycles. The van der Waals surface area contributed by atoms with Crippen molar-refractivity contribution in [2.45, 2.75) is 39.3 Å². The quantitative estimate of drug-likeness (QED) is 0.311. The maximum atomic E-state index is 12.4. The predicted molar refractivity (Wildman–Crippen MR) is 117 cm³/mol. The highest BCUT2D eigenvalue weighted by Gasteiger charge is 2.14. The van der Waals surface area contributed by atoms with E-state index in [1.807, 2.05) is 12.1 Å². The summed E-state index contributed by atoms with van der Waals surface area (Å²) in [6.07, 6.45) is 2.57. The van der Waals surface area contributed by atoms with Crippen LogP contribution in [0.2, 0.25) is 0 Å². The number of carbonyl (C=O) groups is 1. The first kappa shape index (κ1) is 22.3. The van der Waals surface area contributed by atoms with Crippen LogP contribution in [-0.2, 0) is 17.8 Å². The van der Waals surface area contributed by atoms with E-state index in [1.54, 1.807) is 16.7 Å². The highest BCUT2D eigenvalue weighted by molar-refractivity contribution is 5.89. The summed E-state index contributed by atoms with van der Waals surface area (Å²) >= 11 is 0. The molecule has 0 bridgehead atoms. The van der Waals surface area contributed by atoms with Gasteiger partial charge in [0, 0.05) is 13.1 Å². The van der Waals surface area contributed by atoms with Crippen LogP contribution in [0.4, 0.5) is 5.82 Å². The van der Waals surface area contributed by atoms with Crippen molar-refractivity contribution in [2.75, 3.05) is 26.0 Å². The molecule has 2 heterocycles. The van der Waals surface area contributed by atoms with Gasteiger partial charge in [0.2, 0.25) is 0 Å². The maximum Gasteiger partial charge on any atom is 0.337 e. The molecule has 3 aromatic rings. The zero-order valence-corrected chi connectivity index (χ0v) is 17.8. The van der Waals surface area contributed by atoms with E-state index in [0.717, 1.165) is 18.4 Å². The van der Waals surface area contributed by atoms with Crippen LogP contribution in [0.3, 0.4) is 0 Å². The fourth-order valence-electron chi connectivity index (χ4n) is 3.13. The third kappa shape index (κ3) is 5.60. The number of aromatic nitrogens is 4. The molecule has 166 valence electrons. The Morgan fingerprint density at radius 2 is 2.13 bits per heavy atom. The number of nitrogens with one attached hydrogen (secondary N) is 2. The molecule has 3 rings (SSSR count). The number of fused-ring (bicyclic) bond motifs is 1. The number of hydrogen-bond acceptors (Lipinski definition) is 8. The van der Waals surface area contributed by atoms with Gasteiger partial charge in [-0.1, -0.05) is 25.5 Å². The first-order chi connectivity index (χ1) is 15.0. The largest absolute Gasteiger partial charge is 0.465 e. The van der Waals surface area contributed by atoms with Crippen LogP contribution in [0.15, 0.2) is 29.1 Å². The SMILES string of the molecule is CCCCOc1nc(N)c2[nH]c(=O)n(CCCNCc3cccc(C(=O)OC)c3)c2n1. The van der Waals surface area contributed by atoms with Gasteiger partial charge in [-0.3, -0.25) is 4.57 Å². The van der Waals surface area contributed by atoms with Gasteiger partial charge in [-0.05, 0) is 37.1 Å². The highest BCUT2D eigenvalue weighted by atomic mass is 16.5. The fourth-order valence-corrected chi connectivity index (χ4v) is 3.13. The lowest BCUT2D eigenvalue weighted by Gasteiger charge is -2.08. The van der Waals surface area contributed by atoms with Gasteiger partial charge in [0.1, 0.15) is 5.52 Å². The van der Waals surface area contributed by atoms with E-state index in [9.17, 15) is 9.59 Å². The van der Waals surface area contributed by atoms with E-state index >= 15 is 0 Å². The molecule has 0 aliphatic rings. The molecule has 0 radical (unpaired) electrons. The average Bonchev–Trinajstić information content (AvgIpc) is 3.09. The van der Waals surface area contributed by atoms with Crippen LogP contribution >= 0.6 is 0 Å². The Morgan fingerprint density at radius 3 is 2.90 bits per heavy atom. The third-order valence-corrected chi connectivity index (χ3v) is 4.77. The van der Waals surface area contributed by atoms with Gasteiger partial charge in [-0.2, -0.15) is 9.97 Å². The Balaban J connectivity index is 1.59. The monoisotopic (exact) mass is 428 g/mol. The summed E-state index contributed by atoms with van der Waals surface area (Å²) in [6.45, 7) is 4.28. The summed E-state index contributed by atoms with van der Waals surface area (Å²) in [6, 6.07) is 7.44. The Hall–Kier alpha value is -3.40. The molecular weight excluding hydrogens is 400 g/mol. The van der Waals surface area contributed by atoms with Crippen LogP contribution in [0.25, 0.3) is 11.2 Å². The minimum atomic E-state index is -0.361. The molecule has 0 aliphatic carbocycles. The molecule has 10 heteroatoms. The Morgan fingerprint density at radius 1 is 1.29 bits per heavy atom. The summed E-state index contributed by atoms with van der Waals surface area (Å²) in [4.78, 5) is 35.2. The number of hydrogen-bond donors (Lipinski definition) is 3. The molecule has 10 nitrogen and oxygen atoms in total. The van der Waals surface area contributed by atoms with E-state index in [4.69, 9.17) is 15.2 Å². The number of methoxy groups -OCH3 is 1. The second-order valence-corrected chi connectivity index (χ2v) is 7.10. The lowest BCUT2D eigenvalue weighted by atomic mass is 10.1. The topological polar surface area (TPSA) is 137 Å². The van der Waals surface area contributed by atoms with E-state index in [1.165, 1.54) is 7.11 Å². The van der Waals surface area contributed by atoms with Gasteiger partial charge in [-0.25, -0.2) is 9.59 Å². The summed E-state index contributed by atoms with van der Waals surface area (Å²) in [5.41, 5.74) is 8.03.